The van der Waals surface area contributed by atoms with E-state index in [1.54, 1.807) is 0 Å². The van der Waals surface area contributed by atoms with Crippen molar-refractivity contribution < 1.29 is 19.4 Å². The van der Waals surface area contributed by atoms with Crippen molar-refractivity contribution in [2.75, 3.05) is 5.32 Å². The first-order valence-electron chi connectivity index (χ1n) is 7.88. The number of amides is 2. The predicted molar refractivity (Wildman–Crippen MR) is 100 cm³/mol. The van der Waals surface area contributed by atoms with Crippen LogP contribution in [0.25, 0.3) is 0 Å². The summed E-state index contributed by atoms with van der Waals surface area (Å²) >= 11 is 0. The Morgan fingerprint density at radius 3 is 2.25 bits per heavy atom. The van der Waals surface area contributed by atoms with Crippen LogP contribution >= 0.6 is 0 Å². The van der Waals surface area contributed by atoms with E-state index in [1.165, 1.54) is 55.5 Å². The molecule has 0 fully saturated rings. The number of benzene rings is 2. The summed E-state index contributed by atoms with van der Waals surface area (Å²) in [5, 5.41) is 27.6. The Morgan fingerprint density at radius 1 is 1.00 bits per heavy atom. The van der Waals surface area contributed by atoms with E-state index in [9.17, 15) is 29.8 Å². The first kappa shape index (κ1) is 20.2. The number of carbonyl (C=O) groups is 2. The smallest absolute Gasteiger partial charge is 0.271 e. The molecule has 0 spiro atoms. The van der Waals surface area contributed by atoms with Crippen molar-refractivity contribution in [3.63, 3.8) is 0 Å². The molecule has 11 heteroatoms. The van der Waals surface area contributed by atoms with E-state index < -0.39 is 21.7 Å². The zero-order valence-electron chi connectivity index (χ0n) is 14.6. The van der Waals surface area contributed by atoms with E-state index in [0.717, 1.165) is 0 Å². The van der Waals surface area contributed by atoms with Gasteiger partial charge in [0.1, 0.15) is 0 Å². The molecule has 0 unspecified atom stereocenters. The normalized spacial score (nSPS) is 10.8. The van der Waals surface area contributed by atoms with Crippen LogP contribution in [0.5, 0.6) is 0 Å². The molecule has 0 aromatic heterocycles. The zero-order valence-corrected chi connectivity index (χ0v) is 14.6. The fourth-order valence-corrected chi connectivity index (χ4v) is 2.12. The van der Waals surface area contributed by atoms with Gasteiger partial charge in [-0.25, -0.2) is 5.43 Å². The summed E-state index contributed by atoms with van der Waals surface area (Å²) in [6.07, 6.45) is -0.150. The average molecular weight is 385 g/mol. The van der Waals surface area contributed by atoms with Crippen LogP contribution in [0.1, 0.15) is 23.7 Å². The monoisotopic (exact) mass is 385 g/mol. The van der Waals surface area contributed by atoms with Crippen molar-refractivity contribution >= 4 is 34.6 Å². The highest BCUT2D eigenvalue weighted by Crippen LogP contribution is 2.17. The van der Waals surface area contributed by atoms with E-state index in [-0.39, 0.29) is 34.8 Å². The summed E-state index contributed by atoms with van der Waals surface area (Å²) in [4.78, 5) is 44.1. The molecule has 0 radical (unpaired) electrons. The molecule has 28 heavy (non-hydrogen) atoms. The third-order valence-corrected chi connectivity index (χ3v) is 3.45. The Balaban J connectivity index is 1.91. The molecule has 11 nitrogen and oxygen atoms in total. The number of nitrogens with zero attached hydrogens (tertiary/aromatic N) is 3. The summed E-state index contributed by atoms with van der Waals surface area (Å²) in [7, 11) is 0. The van der Waals surface area contributed by atoms with E-state index >= 15 is 0 Å². The quantitative estimate of drug-likeness (QED) is 0.424. The van der Waals surface area contributed by atoms with Crippen molar-refractivity contribution in [1.29, 1.82) is 0 Å². The fourth-order valence-electron chi connectivity index (χ4n) is 2.12. The molecule has 144 valence electrons. The van der Waals surface area contributed by atoms with E-state index in [2.05, 4.69) is 15.8 Å². The van der Waals surface area contributed by atoms with Crippen LogP contribution in [0, 0.1) is 20.2 Å². The van der Waals surface area contributed by atoms with Gasteiger partial charge in [-0.2, -0.15) is 5.10 Å². The van der Waals surface area contributed by atoms with Crippen molar-refractivity contribution in [1.82, 2.24) is 5.43 Å². The van der Waals surface area contributed by atoms with Gasteiger partial charge in [-0.1, -0.05) is 6.07 Å². The number of hydrogen-bond donors (Lipinski definition) is 2. The number of carbonyl (C=O) groups excluding carboxylic acids is 2. The van der Waals surface area contributed by atoms with Crippen LogP contribution in [0.2, 0.25) is 0 Å². The predicted octanol–water partition coefficient (Wildman–Crippen LogP) is 2.64. The fraction of sp³-hybridized carbons (Fsp3) is 0.118. The number of rotatable bonds is 7. The highest BCUT2D eigenvalue weighted by molar-refractivity contribution is 6.06. The van der Waals surface area contributed by atoms with Crippen LogP contribution in [0.15, 0.2) is 53.6 Å². The third-order valence-electron chi connectivity index (χ3n) is 3.45. The molecule has 0 aliphatic rings. The van der Waals surface area contributed by atoms with Gasteiger partial charge in [0, 0.05) is 41.2 Å². The Morgan fingerprint density at radius 2 is 1.64 bits per heavy atom. The molecule has 0 atom stereocenters. The first-order chi connectivity index (χ1) is 13.3. The van der Waals surface area contributed by atoms with Crippen LogP contribution in [-0.4, -0.2) is 27.4 Å². The Hall–Kier alpha value is -4.15. The van der Waals surface area contributed by atoms with E-state index in [1.807, 2.05) is 0 Å². The molecule has 0 heterocycles. The van der Waals surface area contributed by atoms with Crippen molar-refractivity contribution in [2.45, 2.75) is 13.3 Å². The number of nitrogens with one attached hydrogen (secondary N) is 2. The number of hydrogen-bond acceptors (Lipinski definition) is 7. The van der Waals surface area contributed by atoms with Crippen LogP contribution in [-0.2, 0) is 4.79 Å². The summed E-state index contributed by atoms with van der Waals surface area (Å²) < 4.78 is 0. The topological polar surface area (TPSA) is 157 Å². The van der Waals surface area contributed by atoms with Crippen LogP contribution in [0.3, 0.4) is 0 Å². The number of anilines is 1. The highest BCUT2D eigenvalue weighted by atomic mass is 16.6. The molecule has 2 aromatic carbocycles. The summed E-state index contributed by atoms with van der Waals surface area (Å²) in [6.45, 7) is 1.52. The standard InChI is InChI=1S/C17H15N5O6/c1-11(9-16(23)18-13-3-2-4-15(10-13)22(27)28)19-20-17(24)12-5-7-14(8-6-12)21(25)26/h2-8,10H,9H2,1H3,(H,18,23)(H,20,24). The molecule has 2 amide bonds. The maximum atomic E-state index is 12.0. The second-order valence-corrected chi connectivity index (χ2v) is 5.62. The number of non-ortho nitro benzene ring substituents is 2. The van der Waals surface area contributed by atoms with Gasteiger partial charge in [0.05, 0.1) is 16.3 Å². The molecule has 0 saturated heterocycles. The molecule has 0 saturated carbocycles. The van der Waals surface area contributed by atoms with E-state index in [0.29, 0.717) is 0 Å². The van der Waals surface area contributed by atoms with Gasteiger partial charge in [-0.15, -0.1) is 0 Å². The second kappa shape index (κ2) is 8.98. The average Bonchev–Trinajstić information content (AvgIpc) is 2.66. The molecule has 2 N–H and O–H groups in total. The minimum Gasteiger partial charge on any atom is -0.326 e. The first-order valence-corrected chi connectivity index (χ1v) is 7.88. The maximum Gasteiger partial charge on any atom is 0.271 e. The lowest BCUT2D eigenvalue weighted by Crippen LogP contribution is -2.21. The van der Waals surface area contributed by atoms with E-state index in [4.69, 9.17) is 0 Å². The molecule has 2 rings (SSSR count). The van der Waals surface area contributed by atoms with Crippen molar-refractivity contribution in [3.05, 3.63) is 74.3 Å². The summed E-state index contributed by atoms with van der Waals surface area (Å²) in [6, 6.07) is 10.4. The zero-order chi connectivity index (χ0) is 20.7. The number of hydrazone groups is 1. The van der Waals surface area contributed by atoms with Crippen LogP contribution < -0.4 is 10.7 Å². The minimum atomic E-state index is -0.589. The van der Waals surface area contributed by atoms with Gasteiger partial charge in [-0.05, 0) is 25.1 Å². The highest BCUT2D eigenvalue weighted by Gasteiger charge is 2.11. The van der Waals surface area contributed by atoms with Gasteiger partial charge in [0.15, 0.2) is 0 Å². The lowest BCUT2D eigenvalue weighted by atomic mass is 10.2. The molecule has 0 aliphatic heterocycles. The molecule has 0 bridgehead atoms. The van der Waals surface area contributed by atoms with Crippen LogP contribution in [0.4, 0.5) is 17.1 Å². The number of nitro benzene ring substituents is 2. The van der Waals surface area contributed by atoms with Gasteiger partial charge >= 0.3 is 0 Å². The Kier molecular flexibility index (Phi) is 6.47. The molecule has 0 aliphatic carbocycles. The molecular weight excluding hydrogens is 370 g/mol. The van der Waals surface area contributed by atoms with Crippen molar-refractivity contribution in [2.24, 2.45) is 5.10 Å². The molecule has 2 aromatic rings. The van der Waals surface area contributed by atoms with Gasteiger partial charge in [0.2, 0.25) is 5.91 Å². The van der Waals surface area contributed by atoms with Gasteiger partial charge < -0.3 is 5.32 Å². The second-order valence-electron chi connectivity index (χ2n) is 5.62. The SMILES string of the molecule is CC(CC(=O)Nc1cccc([N+](=O)[O-])c1)=NNC(=O)c1ccc([N+](=O)[O-])cc1. The van der Waals surface area contributed by atoms with Crippen molar-refractivity contribution in [3.8, 4) is 0 Å². The van der Waals surface area contributed by atoms with Gasteiger partial charge in [-0.3, -0.25) is 29.8 Å². The minimum absolute atomic E-state index is 0.144. The Bertz CT molecular complexity index is 955. The third kappa shape index (κ3) is 5.69. The van der Waals surface area contributed by atoms with Gasteiger partial charge in [0.25, 0.3) is 17.3 Å². The lowest BCUT2D eigenvalue weighted by Gasteiger charge is -2.05. The Labute approximate surface area is 158 Å². The summed E-state index contributed by atoms with van der Waals surface area (Å²) in [5.41, 5.74) is 2.68. The lowest BCUT2D eigenvalue weighted by molar-refractivity contribution is -0.385. The largest absolute Gasteiger partial charge is 0.326 e. The summed E-state index contributed by atoms with van der Waals surface area (Å²) in [5.74, 6) is -1.06. The number of nitro groups is 2. The molecular formula is C17H15N5O6. The maximum absolute atomic E-state index is 12.0.